The normalized spacial score (nSPS) is 12.6. The quantitative estimate of drug-likeness (QED) is 0.312. The van der Waals surface area contributed by atoms with Crippen molar-refractivity contribution in [1.82, 2.24) is 0 Å². The summed E-state index contributed by atoms with van der Waals surface area (Å²) >= 11 is 0. The molecule has 0 heterocycles. The van der Waals surface area contributed by atoms with E-state index in [2.05, 4.69) is 0 Å². The topological polar surface area (TPSA) is 37.3 Å². The molecule has 0 aliphatic heterocycles. The maximum Gasteiger partial charge on any atom is 0.303 e. The lowest BCUT2D eigenvalue weighted by atomic mass is 9.98. The average molecular weight is 328 g/mol. The van der Waals surface area contributed by atoms with Crippen molar-refractivity contribution in [3.63, 3.8) is 0 Å². The molecular formula is C16H28F4O2. The molecule has 0 aromatic rings. The van der Waals surface area contributed by atoms with E-state index in [0.717, 1.165) is 12.8 Å². The van der Waals surface area contributed by atoms with Gasteiger partial charge in [-0.1, -0.05) is 39.0 Å². The number of rotatable bonds is 14. The number of aliphatic carboxylic acids is 1. The molecule has 0 aromatic carbocycles. The second kappa shape index (κ2) is 10.8. The number of unbranched alkanes of at least 4 members (excludes halogenated alkanes) is 6. The molecular weight excluding hydrogens is 300 g/mol. The van der Waals surface area contributed by atoms with E-state index >= 15 is 0 Å². The van der Waals surface area contributed by atoms with Crippen molar-refractivity contribution in [2.45, 2.75) is 95.8 Å². The zero-order valence-electron chi connectivity index (χ0n) is 13.4. The Morgan fingerprint density at radius 1 is 0.818 bits per heavy atom. The van der Waals surface area contributed by atoms with Crippen LogP contribution in [0.5, 0.6) is 0 Å². The molecule has 0 spiro atoms. The fraction of sp³-hybridized carbons (Fsp3) is 0.938. The molecule has 0 aromatic heterocycles. The first kappa shape index (κ1) is 21.2. The van der Waals surface area contributed by atoms with Crippen LogP contribution in [0.2, 0.25) is 0 Å². The van der Waals surface area contributed by atoms with E-state index in [4.69, 9.17) is 5.11 Å². The SMILES string of the molecule is CCCCCCC(F)(F)CC(F)(F)CCCCCCC(=O)O. The van der Waals surface area contributed by atoms with Gasteiger partial charge in [0.1, 0.15) is 0 Å². The lowest BCUT2D eigenvalue weighted by Crippen LogP contribution is -2.29. The summed E-state index contributed by atoms with van der Waals surface area (Å²) in [5, 5.41) is 8.43. The highest BCUT2D eigenvalue weighted by Gasteiger charge is 2.41. The van der Waals surface area contributed by atoms with Gasteiger partial charge in [0.15, 0.2) is 0 Å². The summed E-state index contributed by atoms with van der Waals surface area (Å²) in [4.78, 5) is 10.3. The standard InChI is InChI=1S/C16H28F4O2/c1-2-3-4-8-11-15(17,18)13-16(19,20)12-9-6-5-7-10-14(21)22/h2-13H2,1H3,(H,21,22). The van der Waals surface area contributed by atoms with Gasteiger partial charge in [-0.15, -0.1) is 0 Å². The second-order valence-corrected chi connectivity index (χ2v) is 6.01. The van der Waals surface area contributed by atoms with E-state index in [0.29, 0.717) is 25.7 Å². The molecule has 0 saturated carbocycles. The largest absolute Gasteiger partial charge is 0.481 e. The Labute approximate surface area is 130 Å². The third kappa shape index (κ3) is 12.9. The van der Waals surface area contributed by atoms with Crippen molar-refractivity contribution >= 4 is 5.97 Å². The first-order chi connectivity index (χ1) is 10.2. The van der Waals surface area contributed by atoms with Crippen LogP contribution in [0.3, 0.4) is 0 Å². The Bertz CT molecular complexity index is 307. The molecule has 0 atom stereocenters. The van der Waals surface area contributed by atoms with Crippen LogP contribution in [-0.2, 0) is 4.79 Å². The molecule has 0 rings (SSSR count). The van der Waals surface area contributed by atoms with E-state index < -0.39 is 37.1 Å². The van der Waals surface area contributed by atoms with Crippen molar-refractivity contribution < 1.29 is 27.5 Å². The number of carbonyl (C=O) groups is 1. The monoisotopic (exact) mass is 328 g/mol. The number of hydrogen-bond acceptors (Lipinski definition) is 1. The fourth-order valence-corrected chi connectivity index (χ4v) is 2.38. The van der Waals surface area contributed by atoms with Crippen LogP contribution in [0, 0.1) is 0 Å². The highest BCUT2D eigenvalue weighted by atomic mass is 19.3. The van der Waals surface area contributed by atoms with E-state index in [-0.39, 0.29) is 19.3 Å². The van der Waals surface area contributed by atoms with Crippen LogP contribution < -0.4 is 0 Å². The Morgan fingerprint density at radius 3 is 1.73 bits per heavy atom. The van der Waals surface area contributed by atoms with Crippen LogP contribution in [0.15, 0.2) is 0 Å². The van der Waals surface area contributed by atoms with Gasteiger partial charge in [-0.2, -0.15) is 0 Å². The van der Waals surface area contributed by atoms with Crippen molar-refractivity contribution in [3.05, 3.63) is 0 Å². The summed E-state index contributed by atoms with van der Waals surface area (Å²) < 4.78 is 54.2. The van der Waals surface area contributed by atoms with E-state index in [9.17, 15) is 22.4 Å². The molecule has 0 fully saturated rings. The van der Waals surface area contributed by atoms with Gasteiger partial charge in [-0.3, -0.25) is 4.79 Å². The van der Waals surface area contributed by atoms with Crippen LogP contribution in [0.1, 0.15) is 84.0 Å². The summed E-state index contributed by atoms with van der Waals surface area (Å²) in [5.41, 5.74) is 0. The number of carboxylic acids is 1. The predicted octanol–water partition coefficient (Wildman–Crippen LogP) is 6.04. The van der Waals surface area contributed by atoms with Crippen LogP contribution in [-0.4, -0.2) is 22.9 Å². The zero-order valence-corrected chi connectivity index (χ0v) is 13.4. The molecule has 0 aliphatic rings. The molecule has 22 heavy (non-hydrogen) atoms. The van der Waals surface area contributed by atoms with E-state index in [1.54, 1.807) is 0 Å². The third-order valence-corrected chi connectivity index (χ3v) is 3.60. The first-order valence-corrected chi connectivity index (χ1v) is 8.16. The highest BCUT2D eigenvalue weighted by Crippen LogP contribution is 2.37. The third-order valence-electron chi connectivity index (χ3n) is 3.60. The minimum Gasteiger partial charge on any atom is -0.481 e. The van der Waals surface area contributed by atoms with Crippen molar-refractivity contribution in [3.8, 4) is 0 Å². The summed E-state index contributed by atoms with van der Waals surface area (Å²) in [7, 11) is 0. The van der Waals surface area contributed by atoms with Gasteiger partial charge < -0.3 is 5.11 Å². The number of alkyl halides is 4. The summed E-state index contributed by atoms with van der Waals surface area (Å²) in [5.74, 6) is -7.56. The molecule has 132 valence electrons. The number of carboxylic acid groups (broad SMARTS) is 1. The predicted molar refractivity (Wildman–Crippen MR) is 78.6 cm³/mol. The number of hydrogen-bond donors (Lipinski definition) is 1. The highest BCUT2D eigenvalue weighted by molar-refractivity contribution is 5.66. The van der Waals surface area contributed by atoms with Crippen LogP contribution >= 0.6 is 0 Å². The lowest BCUT2D eigenvalue weighted by Gasteiger charge is -2.23. The molecule has 0 bridgehead atoms. The zero-order chi connectivity index (χ0) is 17.1. The summed E-state index contributed by atoms with van der Waals surface area (Å²) in [6, 6.07) is 0. The molecule has 0 aliphatic carbocycles. The fourth-order valence-electron chi connectivity index (χ4n) is 2.38. The smallest absolute Gasteiger partial charge is 0.303 e. The number of halogens is 4. The summed E-state index contributed by atoms with van der Waals surface area (Å²) in [6.07, 6.45) is 1.91. The Hall–Kier alpha value is -0.810. The molecule has 6 heteroatoms. The molecule has 1 N–H and O–H groups in total. The maximum absolute atomic E-state index is 13.6. The van der Waals surface area contributed by atoms with Crippen molar-refractivity contribution in [2.24, 2.45) is 0 Å². The first-order valence-electron chi connectivity index (χ1n) is 8.16. The minimum absolute atomic E-state index is 0.0201. The van der Waals surface area contributed by atoms with Gasteiger partial charge in [0.05, 0.1) is 6.42 Å². The van der Waals surface area contributed by atoms with Gasteiger partial charge in [-0.05, 0) is 19.3 Å². The molecule has 0 radical (unpaired) electrons. The van der Waals surface area contributed by atoms with Crippen molar-refractivity contribution in [1.29, 1.82) is 0 Å². The van der Waals surface area contributed by atoms with Gasteiger partial charge in [0.2, 0.25) is 0 Å². The molecule has 0 amide bonds. The van der Waals surface area contributed by atoms with Gasteiger partial charge in [0.25, 0.3) is 11.8 Å². The van der Waals surface area contributed by atoms with Gasteiger partial charge in [0, 0.05) is 19.3 Å². The Balaban J connectivity index is 3.87. The Kier molecular flexibility index (Phi) is 10.4. The molecule has 0 unspecified atom stereocenters. The van der Waals surface area contributed by atoms with E-state index in [1.807, 2.05) is 6.92 Å². The van der Waals surface area contributed by atoms with Gasteiger partial charge >= 0.3 is 5.97 Å². The van der Waals surface area contributed by atoms with Crippen LogP contribution in [0.25, 0.3) is 0 Å². The van der Waals surface area contributed by atoms with Gasteiger partial charge in [-0.25, -0.2) is 17.6 Å². The second-order valence-electron chi connectivity index (χ2n) is 6.01. The Morgan fingerprint density at radius 2 is 1.27 bits per heavy atom. The molecule has 0 saturated heterocycles. The minimum atomic E-state index is -3.35. The summed E-state index contributed by atoms with van der Waals surface area (Å²) in [6.45, 7) is 1.96. The van der Waals surface area contributed by atoms with Crippen LogP contribution in [0.4, 0.5) is 17.6 Å². The van der Waals surface area contributed by atoms with E-state index in [1.165, 1.54) is 0 Å². The average Bonchev–Trinajstić information content (AvgIpc) is 2.37. The molecule has 2 nitrogen and oxygen atoms in total. The lowest BCUT2D eigenvalue weighted by molar-refractivity contribution is -0.137. The maximum atomic E-state index is 13.6. The van der Waals surface area contributed by atoms with Crippen molar-refractivity contribution in [2.75, 3.05) is 0 Å².